The van der Waals surface area contributed by atoms with E-state index in [0.717, 1.165) is 0 Å². The third-order valence-electron chi connectivity index (χ3n) is 10.6. The van der Waals surface area contributed by atoms with Crippen molar-refractivity contribution < 1.29 is 68.1 Å². The van der Waals surface area contributed by atoms with Crippen molar-refractivity contribution in [2.45, 2.75) is 142 Å². The fourth-order valence-electron chi connectivity index (χ4n) is 6.06. The smallest absolute Gasteiger partial charge is 0.326 e. The van der Waals surface area contributed by atoms with Gasteiger partial charge in [-0.25, -0.2) is 4.79 Å². The highest BCUT2D eigenvalue weighted by Crippen LogP contribution is 2.13. The van der Waals surface area contributed by atoms with Crippen molar-refractivity contribution in [2.24, 2.45) is 29.2 Å². The van der Waals surface area contributed by atoms with Crippen molar-refractivity contribution in [3.8, 4) is 0 Å². The monoisotopic (exact) mass is 919 g/mol. The molecule has 0 aliphatic rings. The molecule has 362 valence electrons. The van der Waals surface area contributed by atoms with Gasteiger partial charge in [0.2, 0.25) is 47.3 Å². The molecule has 65 heavy (non-hydrogen) atoms. The molecule has 0 bridgehead atoms. The Hall–Kier alpha value is -6.65. The minimum atomic E-state index is -1.88. The number of hydrogen-bond donors (Lipinski definition) is 12. The van der Waals surface area contributed by atoms with Crippen molar-refractivity contribution in [3.05, 3.63) is 35.9 Å². The van der Waals surface area contributed by atoms with Crippen LogP contribution in [0.2, 0.25) is 0 Å². The Labute approximate surface area is 376 Å². The Balaban J connectivity index is 3.50. The normalized spacial score (nSPS) is 15.6. The lowest BCUT2D eigenvalue weighted by atomic mass is 9.96. The third-order valence-corrected chi connectivity index (χ3v) is 10.6. The summed E-state index contributed by atoms with van der Waals surface area (Å²) in [5, 5.41) is 45.3. The van der Waals surface area contributed by atoms with Crippen molar-refractivity contribution >= 4 is 65.2 Å². The molecule has 0 aliphatic carbocycles. The van der Waals surface area contributed by atoms with Crippen molar-refractivity contribution in [2.75, 3.05) is 0 Å². The molecule has 23 nitrogen and oxygen atoms in total. The van der Waals surface area contributed by atoms with Gasteiger partial charge in [-0.3, -0.25) is 47.9 Å². The molecule has 0 unspecified atom stereocenters. The van der Waals surface area contributed by atoms with E-state index in [2.05, 4.69) is 37.2 Å². The van der Waals surface area contributed by atoms with Gasteiger partial charge in [0.05, 0.1) is 18.9 Å². The SMILES string of the molecule is CC[C@H](C)[C@H](NC(=O)[C@H](C)NC(=O)[C@H](CCC(=O)O)NC(=O)[C@H](Cc1ccccc1)NC(=O)[C@@H](NC(=O)[C@H](CC(=O)O)NC(=O)[C@H](CC(N)=O)NC(=O)[C@@H](N)C(C)C)[C@@H](C)CC)C(=O)O. The molecule has 0 saturated carbocycles. The van der Waals surface area contributed by atoms with Gasteiger partial charge in [0, 0.05) is 12.8 Å². The Morgan fingerprint density at radius 3 is 1.51 bits per heavy atom. The second kappa shape index (κ2) is 27.5. The molecule has 0 heterocycles. The predicted octanol–water partition coefficient (Wildman–Crippen LogP) is -1.98. The molecule has 14 N–H and O–H groups in total. The van der Waals surface area contributed by atoms with Crippen LogP contribution in [0.15, 0.2) is 30.3 Å². The van der Waals surface area contributed by atoms with E-state index in [1.807, 2.05) is 0 Å². The van der Waals surface area contributed by atoms with Crippen molar-refractivity contribution in [1.82, 2.24) is 37.2 Å². The van der Waals surface area contributed by atoms with Gasteiger partial charge in [0.15, 0.2) is 0 Å². The molecule has 0 saturated heterocycles. The summed E-state index contributed by atoms with van der Waals surface area (Å²) in [5.74, 6) is -13.8. The number of aliphatic carboxylic acids is 3. The number of carboxylic acids is 3. The summed E-state index contributed by atoms with van der Waals surface area (Å²) in [6.07, 6.45) is -2.43. The van der Waals surface area contributed by atoms with Crippen LogP contribution in [-0.4, -0.2) is 129 Å². The largest absolute Gasteiger partial charge is 0.481 e. The second-order valence-corrected chi connectivity index (χ2v) is 16.2. The number of rotatable bonds is 29. The molecule has 0 spiro atoms. The number of amides is 8. The summed E-state index contributed by atoms with van der Waals surface area (Å²) in [6, 6.07) is -3.63. The number of carbonyl (C=O) groups is 11. The predicted molar refractivity (Wildman–Crippen MR) is 232 cm³/mol. The number of nitrogens with one attached hydrogen (secondary N) is 7. The Kier molecular flexibility index (Phi) is 23.9. The molecule has 0 radical (unpaired) electrons. The Bertz CT molecular complexity index is 1860. The van der Waals surface area contributed by atoms with E-state index in [-0.39, 0.29) is 18.8 Å². The van der Waals surface area contributed by atoms with Crippen molar-refractivity contribution in [3.63, 3.8) is 0 Å². The van der Waals surface area contributed by atoms with E-state index in [1.54, 1.807) is 71.9 Å². The van der Waals surface area contributed by atoms with E-state index in [9.17, 15) is 68.1 Å². The fourth-order valence-corrected chi connectivity index (χ4v) is 6.06. The first-order chi connectivity index (χ1) is 30.3. The lowest BCUT2D eigenvalue weighted by Crippen LogP contribution is -2.61. The van der Waals surface area contributed by atoms with Crippen LogP contribution in [0, 0.1) is 17.8 Å². The molecule has 10 atom stereocenters. The van der Waals surface area contributed by atoms with Gasteiger partial charge in [-0.2, -0.15) is 0 Å². The van der Waals surface area contributed by atoms with Crippen LogP contribution in [0.1, 0.15) is 92.6 Å². The minimum Gasteiger partial charge on any atom is -0.481 e. The molecule has 1 rings (SSSR count). The molecule has 0 aromatic heterocycles. The summed E-state index contributed by atoms with van der Waals surface area (Å²) in [5.41, 5.74) is 11.7. The minimum absolute atomic E-state index is 0.205. The van der Waals surface area contributed by atoms with Crippen LogP contribution in [-0.2, 0) is 59.2 Å². The van der Waals surface area contributed by atoms with Crippen LogP contribution >= 0.6 is 0 Å². The highest BCUT2D eigenvalue weighted by atomic mass is 16.4. The summed E-state index contributed by atoms with van der Waals surface area (Å²) in [6.45, 7) is 11.1. The molecular weight excluding hydrogens is 855 g/mol. The molecule has 1 aromatic rings. The third kappa shape index (κ3) is 19.7. The Morgan fingerprint density at radius 1 is 0.538 bits per heavy atom. The van der Waals surface area contributed by atoms with Crippen LogP contribution in [0.5, 0.6) is 0 Å². The number of carboxylic acid groups (broad SMARTS) is 3. The maximum absolute atomic E-state index is 14.1. The summed E-state index contributed by atoms with van der Waals surface area (Å²) in [7, 11) is 0. The van der Waals surface area contributed by atoms with Crippen molar-refractivity contribution in [1.29, 1.82) is 0 Å². The lowest BCUT2D eigenvalue weighted by molar-refractivity contribution is -0.143. The highest BCUT2D eigenvalue weighted by molar-refractivity contribution is 5.99. The first kappa shape index (κ1) is 56.4. The van der Waals surface area contributed by atoms with Crippen LogP contribution in [0.4, 0.5) is 0 Å². The number of primary amides is 1. The zero-order valence-electron chi connectivity index (χ0n) is 37.7. The fraction of sp³-hybridized carbons (Fsp3) is 0.595. The average molecular weight is 920 g/mol. The summed E-state index contributed by atoms with van der Waals surface area (Å²) >= 11 is 0. The molecule has 0 fully saturated rings. The number of hydrogen-bond acceptors (Lipinski definition) is 12. The lowest BCUT2D eigenvalue weighted by Gasteiger charge is -2.29. The quantitative estimate of drug-likeness (QED) is 0.0414. The molecule has 8 amide bonds. The molecule has 0 aliphatic heterocycles. The van der Waals surface area contributed by atoms with Crippen LogP contribution in [0.3, 0.4) is 0 Å². The highest BCUT2D eigenvalue weighted by Gasteiger charge is 2.37. The first-order valence-electron chi connectivity index (χ1n) is 21.2. The number of carbonyl (C=O) groups excluding carboxylic acids is 8. The number of benzene rings is 1. The van der Waals surface area contributed by atoms with E-state index >= 15 is 0 Å². The van der Waals surface area contributed by atoms with Crippen LogP contribution < -0.4 is 48.7 Å². The zero-order valence-corrected chi connectivity index (χ0v) is 37.7. The van der Waals surface area contributed by atoms with E-state index in [0.29, 0.717) is 12.0 Å². The van der Waals surface area contributed by atoms with Gasteiger partial charge in [0.25, 0.3) is 0 Å². The second-order valence-electron chi connectivity index (χ2n) is 16.2. The van der Waals surface area contributed by atoms with Gasteiger partial charge >= 0.3 is 17.9 Å². The Morgan fingerprint density at radius 2 is 1.00 bits per heavy atom. The van der Waals surface area contributed by atoms with E-state index in [1.165, 1.54) is 6.92 Å². The average Bonchev–Trinajstić information content (AvgIpc) is 3.23. The van der Waals surface area contributed by atoms with Gasteiger partial charge in [0.1, 0.15) is 42.3 Å². The maximum Gasteiger partial charge on any atom is 0.326 e. The van der Waals surface area contributed by atoms with Gasteiger partial charge in [-0.1, -0.05) is 84.7 Å². The van der Waals surface area contributed by atoms with E-state index in [4.69, 9.17) is 11.5 Å². The summed E-state index contributed by atoms with van der Waals surface area (Å²) in [4.78, 5) is 141. The van der Waals surface area contributed by atoms with Crippen LogP contribution in [0.25, 0.3) is 0 Å². The topological polar surface area (TPSA) is 385 Å². The van der Waals surface area contributed by atoms with Gasteiger partial charge in [-0.15, -0.1) is 0 Å². The van der Waals surface area contributed by atoms with Gasteiger partial charge < -0.3 is 64.0 Å². The maximum atomic E-state index is 14.1. The number of nitrogens with two attached hydrogens (primary N) is 2. The summed E-state index contributed by atoms with van der Waals surface area (Å²) < 4.78 is 0. The molecule has 23 heteroatoms. The molecule has 1 aromatic carbocycles. The van der Waals surface area contributed by atoms with E-state index < -0.39 is 151 Å². The molecular formula is C42H65N9O14. The standard InChI is InChI=1S/C42H65N9O14/c1-8-21(5)33(50-39(61)28(19-31(55)56)47-38(60)27(18-29(43)52)48-40(62)32(44)20(3)4)41(63)49-26(17-24-13-11-10-12-14-24)37(59)46-25(15-16-30(53)54)36(58)45-23(7)35(57)51-34(42(64)65)22(6)9-2/h10-14,20-23,25-28,32-34H,8-9,15-19,44H2,1-7H3,(H2,43,52)(H,45,58)(H,46,59)(H,47,60)(H,48,62)(H,49,63)(H,50,61)(H,51,57)(H,53,54)(H,55,56)(H,64,65)/t21-,22-,23-,25-,26-,27-,28-,32-,33-,34-/m0/s1. The van der Waals surface area contributed by atoms with Gasteiger partial charge in [-0.05, 0) is 36.7 Å². The zero-order chi connectivity index (χ0) is 49.7. The first-order valence-corrected chi connectivity index (χ1v) is 21.2.